The number of hydrogen-bond acceptors (Lipinski definition) is 2. The minimum absolute atomic E-state index is 0.0532. The van der Waals surface area contributed by atoms with Crippen LogP contribution in [0, 0.1) is 0 Å². The largest absolute Gasteiger partial charge is 0.370 e. The van der Waals surface area contributed by atoms with Gasteiger partial charge in [-0.1, -0.05) is 37.3 Å². The van der Waals surface area contributed by atoms with Gasteiger partial charge in [0.15, 0.2) is 11.7 Å². The summed E-state index contributed by atoms with van der Waals surface area (Å²) in [5, 5.41) is 0. The van der Waals surface area contributed by atoms with Crippen molar-refractivity contribution in [3.05, 3.63) is 35.9 Å². The van der Waals surface area contributed by atoms with Crippen LogP contribution >= 0.6 is 0 Å². The van der Waals surface area contributed by atoms with Crippen LogP contribution in [-0.2, 0) is 11.3 Å². The lowest BCUT2D eigenvalue weighted by Crippen LogP contribution is -2.33. The summed E-state index contributed by atoms with van der Waals surface area (Å²) in [4.78, 5) is 4.09. The number of guanidine groups is 1. The minimum atomic E-state index is -0.644. The Labute approximate surface area is 96.3 Å². The quantitative estimate of drug-likeness (QED) is 0.586. The van der Waals surface area contributed by atoms with E-state index in [-0.39, 0.29) is 5.96 Å². The zero-order valence-electron chi connectivity index (χ0n) is 9.81. The Hall–Kier alpha value is -1.55. The summed E-state index contributed by atoms with van der Waals surface area (Å²) in [6, 6.07) is 9.93. The normalized spacial score (nSPS) is 14.1. The van der Waals surface area contributed by atoms with E-state index in [0.717, 1.165) is 12.0 Å². The van der Waals surface area contributed by atoms with Gasteiger partial charge in [0.25, 0.3) is 0 Å². The second kappa shape index (κ2) is 5.51. The van der Waals surface area contributed by atoms with Gasteiger partial charge in [-0.2, -0.15) is 0 Å². The van der Waals surface area contributed by atoms with Gasteiger partial charge in [0.2, 0.25) is 0 Å². The van der Waals surface area contributed by atoms with E-state index in [2.05, 4.69) is 4.99 Å². The summed E-state index contributed by atoms with van der Waals surface area (Å²) in [7, 11) is 0. The Balaban J connectivity index is 2.62. The van der Waals surface area contributed by atoms with E-state index in [1.807, 2.05) is 44.2 Å². The van der Waals surface area contributed by atoms with Crippen molar-refractivity contribution in [2.24, 2.45) is 16.5 Å². The van der Waals surface area contributed by atoms with Crippen molar-refractivity contribution < 1.29 is 4.74 Å². The molecular formula is C12H19N3O. The highest BCUT2D eigenvalue weighted by Gasteiger charge is 2.21. The van der Waals surface area contributed by atoms with Crippen LogP contribution in [0.2, 0.25) is 0 Å². The molecule has 0 fully saturated rings. The van der Waals surface area contributed by atoms with E-state index in [1.54, 1.807) is 0 Å². The molecule has 0 aliphatic rings. The molecule has 1 unspecified atom stereocenters. The fourth-order valence-electron chi connectivity index (χ4n) is 1.30. The molecule has 4 heteroatoms. The lowest BCUT2D eigenvalue weighted by atomic mass is 10.2. The van der Waals surface area contributed by atoms with Crippen molar-refractivity contribution in [1.29, 1.82) is 0 Å². The van der Waals surface area contributed by atoms with Gasteiger partial charge < -0.3 is 16.2 Å². The minimum Gasteiger partial charge on any atom is -0.370 e. The van der Waals surface area contributed by atoms with Gasteiger partial charge in [0.05, 0.1) is 6.61 Å². The van der Waals surface area contributed by atoms with Crippen LogP contribution in [0.25, 0.3) is 0 Å². The molecule has 0 heterocycles. The van der Waals surface area contributed by atoms with Gasteiger partial charge in [-0.25, -0.2) is 4.99 Å². The van der Waals surface area contributed by atoms with Gasteiger partial charge in [-0.15, -0.1) is 0 Å². The number of rotatable bonds is 5. The summed E-state index contributed by atoms with van der Waals surface area (Å²) >= 11 is 0. The van der Waals surface area contributed by atoms with Crippen LogP contribution in [-0.4, -0.2) is 11.7 Å². The summed E-state index contributed by atoms with van der Waals surface area (Å²) in [5.41, 5.74) is 11.2. The number of ether oxygens (including phenoxy) is 1. The molecule has 0 amide bonds. The van der Waals surface area contributed by atoms with Gasteiger partial charge in [-0.05, 0) is 18.9 Å². The van der Waals surface area contributed by atoms with Gasteiger partial charge in [0, 0.05) is 0 Å². The van der Waals surface area contributed by atoms with Crippen molar-refractivity contribution in [2.45, 2.75) is 32.6 Å². The zero-order valence-corrected chi connectivity index (χ0v) is 9.81. The summed E-state index contributed by atoms with van der Waals surface area (Å²) in [5.74, 6) is 0.0532. The van der Waals surface area contributed by atoms with Crippen molar-refractivity contribution in [3.8, 4) is 0 Å². The molecule has 1 aromatic rings. The first-order valence-corrected chi connectivity index (χ1v) is 5.34. The average Bonchev–Trinajstić information content (AvgIpc) is 2.27. The van der Waals surface area contributed by atoms with Gasteiger partial charge in [-0.3, -0.25) is 0 Å². The molecule has 0 bridgehead atoms. The van der Waals surface area contributed by atoms with Crippen LogP contribution in [0.5, 0.6) is 0 Å². The molecule has 88 valence electrons. The maximum atomic E-state index is 5.73. The number of hydrogen-bond donors (Lipinski definition) is 2. The Morgan fingerprint density at radius 1 is 1.31 bits per heavy atom. The van der Waals surface area contributed by atoms with Crippen LogP contribution in [0.4, 0.5) is 0 Å². The predicted octanol–water partition coefficient (Wildman–Crippen LogP) is 1.60. The molecule has 0 spiro atoms. The number of nitrogens with zero attached hydrogens (tertiary/aromatic N) is 1. The van der Waals surface area contributed by atoms with Crippen molar-refractivity contribution >= 4 is 5.96 Å². The fourth-order valence-corrected chi connectivity index (χ4v) is 1.30. The predicted molar refractivity (Wildman–Crippen MR) is 65.7 cm³/mol. The van der Waals surface area contributed by atoms with Crippen molar-refractivity contribution in [3.63, 3.8) is 0 Å². The SMILES string of the molecule is CCC(C)(N=C(N)N)OCc1ccccc1. The molecule has 1 atom stereocenters. The first-order chi connectivity index (χ1) is 7.56. The van der Waals surface area contributed by atoms with E-state index in [4.69, 9.17) is 16.2 Å². The maximum absolute atomic E-state index is 5.73. The van der Waals surface area contributed by atoms with E-state index >= 15 is 0 Å². The Kier molecular flexibility index (Phi) is 4.31. The molecule has 0 aromatic heterocycles. The molecule has 0 radical (unpaired) electrons. The van der Waals surface area contributed by atoms with Gasteiger partial charge in [0.1, 0.15) is 0 Å². The molecule has 0 aliphatic carbocycles. The van der Waals surface area contributed by atoms with Crippen LogP contribution in [0.15, 0.2) is 35.3 Å². The van der Waals surface area contributed by atoms with E-state index in [1.165, 1.54) is 0 Å². The van der Waals surface area contributed by atoms with Crippen LogP contribution in [0.3, 0.4) is 0 Å². The molecule has 1 aromatic carbocycles. The number of benzene rings is 1. The second-order valence-electron chi connectivity index (χ2n) is 3.84. The third-order valence-corrected chi connectivity index (χ3v) is 2.41. The zero-order chi connectivity index (χ0) is 12.0. The third-order valence-electron chi connectivity index (χ3n) is 2.41. The van der Waals surface area contributed by atoms with E-state index < -0.39 is 5.72 Å². The molecule has 0 saturated carbocycles. The Morgan fingerprint density at radius 2 is 1.94 bits per heavy atom. The molecule has 1 rings (SSSR count). The van der Waals surface area contributed by atoms with Gasteiger partial charge >= 0.3 is 0 Å². The van der Waals surface area contributed by atoms with Crippen molar-refractivity contribution in [1.82, 2.24) is 0 Å². The lowest BCUT2D eigenvalue weighted by molar-refractivity contribution is -0.0391. The smallest absolute Gasteiger partial charge is 0.188 e. The maximum Gasteiger partial charge on any atom is 0.188 e. The Morgan fingerprint density at radius 3 is 2.44 bits per heavy atom. The monoisotopic (exact) mass is 221 g/mol. The Bertz CT molecular complexity index is 347. The van der Waals surface area contributed by atoms with Crippen molar-refractivity contribution in [2.75, 3.05) is 0 Å². The second-order valence-corrected chi connectivity index (χ2v) is 3.84. The third kappa shape index (κ3) is 3.90. The van der Waals surface area contributed by atoms with Crippen LogP contribution < -0.4 is 11.5 Å². The first-order valence-electron chi connectivity index (χ1n) is 5.34. The standard InChI is InChI=1S/C12H19N3O/c1-3-12(2,15-11(13)14)16-9-10-7-5-4-6-8-10/h4-8H,3,9H2,1-2H3,(H4,13,14,15). The number of nitrogens with two attached hydrogens (primary N) is 2. The van der Waals surface area contributed by atoms with Crippen LogP contribution in [0.1, 0.15) is 25.8 Å². The van der Waals surface area contributed by atoms with E-state index in [0.29, 0.717) is 6.61 Å². The molecule has 16 heavy (non-hydrogen) atoms. The number of aliphatic imine (C=N–C) groups is 1. The summed E-state index contributed by atoms with van der Waals surface area (Å²) in [6.45, 7) is 4.36. The highest BCUT2D eigenvalue weighted by molar-refractivity contribution is 5.76. The van der Waals surface area contributed by atoms with E-state index in [9.17, 15) is 0 Å². The molecule has 0 aliphatic heterocycles. The fraction of sp³-hybridized carbons (Fsp3) is 0.417. The lowest BCUT2D eigenvalue weighted by Gasteiger charge is -2.24. The average molecular weight is 221 g/mol. The molecular weight excluding hydrogens is 202 g/mol. The molecule has 4 nitrogen and oxygen atoms in total. The topological polar surface area (TPSA) is 73.6 Å². The summed E-state index contributed by atoms with van der Waals surface area (Å²) < 4.78 is 5.73. The molecule has 4 N–H and O–H groups in total. The summed E-state index contributed by atoms with van der Waals surface area (Å²) in [6.07, 6.45) is 0.720. The highest BCUT2D eigenvalue weighted by atomic mass is 16.5. The first kappa shape index (κ1) is 12.5. The molecule has 0 saturated heterocycles. The highest BCUT2D eigenvalue weighted by Crippen LogP contribution is 2.18.